The number of hydrogen-bond donors (Lipinski definition) is 3. The number of aliphatic imine (C=N–C) groups is 1. The van der Waals surface area contributed by atoms with E-state index in [4.69, 9.17) is 0 Å². The van der Waals surface area contributed by atoms with Crippen LogP contribution in [0.5, 0.6) is 0 Å². The van der Waals surface area contributed by atoms with Crippen molar-refractivity contribution >= 4 is 35.8 Å². The van der Waals surface area contributed by atoms with E-state index in [1.165, 1.54) is 17.7 Å². The van der Waals surface area contributed by atoms with Gasteiger partial charge in [-0.25, -0.2) is 4.39 Å². The molecule has 0 spiro atoms. The van der Waals surface area contributed by atoms with Crippen LogP contribution in [0.2, 0.25) is 0 Å². The number of carbonyl (C=O) groups excluding carboxylic acids is 1. The van der Waals surface area contributed by atoms with E-state index < -0.39 is 0 Å². The van der Waals surface area contributed by atoms with Gasteiger partial charge < -0.3 is 16.0 Å². The second kappa shape index (κ2) is 13.1. The Kier molecular flexibility index (Phi) is 11.1. The molecule has 0 aliphatic heterocycles. The normalized spacial score (nSPS) is 10.7. The maximum Gasteiger partial charge on any atom is 0.239 e. The average Bonchev–Trinajstić information content (AvgIpc) is 2.65. The summed E-state index contributed by atoms with van der Waals surface area (Å²) in [4.78, 5) is 16.0. The van der Waals surface area contributed by atoms with Crippen LogP contribution in [0.25, 0.3) is 0 Å². The number of amides is 1. The van der Waals surface area contributed by atoms with Gasteiger partial charge in [0, 0.05) is 20.1 Å². The second-order valence-electron chi connectivity index (χ2n) is 5.82. The topological polar surface area (TPSA) is 65.5 Å². The molecule has 27 heavy (non-hydrogen) atoms. The van der Waals surface area contributed by atoms with Gasteiger partial charge in [-0.05, 0) is 36.1 Å². The minimum atomic E-state index is -0.239. The molecule has 0 radical (unpaired) electrons. The van der Waals surface area contributed by atoms with Crippen molar-refractivity contribution in [2.75, 3.05) is 26.7 Å². The summed E-state index contributed by atoms with van der Waals surface area (Å²) in [7, 11) is 1.64. The summed E-state index contributed by atoms with van der Waals surface area (Å²) in [6.07, 6.45) is 1.47. The van der Waals surface area contributed by atoms with Crippen LogP contribution in [0.4, 0.5) is 4.39 Å². The lowest BCUT2D eigenvalue weighted by atomic mass is 10.1. The first-order valence-corrected chi connectivity index (χ1v) is 8.67. The van der Waals surface area contributed by atoms with Gasteiger partial charge >= 0.3 is 0 Å². The largest absolute Gasteiger partial charge is 0.356 e. The molecule has 5 nitrogen and oxygen atoms in total. The highest BCUT2D eigenvalue weighted by Gasteiger charge is 2.03. The van der Waals surface area contributed by atoms with E-state index in [0.717, 1.165) is 12.0 Å². The summed E-state index contributed by atoms with van der Waals surface area (Å²) < 4.78 is 13.1. The lowest BCUT2D eigenvalue weighted by Gasteiger charge is -2.12. The summed E-state index contributed by atoms with van der Waals surface area (Å²) in [6.45, 7) is 1.34. The first-order chi connectivity index (χ1) is 12.7. The fraction of sp³-hybridized carbons (Fsp3) is 0.300. The number of hydrogen-bond acceptors (Lipinski definition) is 2. The highest BCUT2D eigenvalue weighted by Crippen LogP contribution is 2.03. The Morgan fingerprint density at radius 3 is 2.30 bits per heavy atom. The number of nitrogens with zero attached hydrogens (tertiary/aromatic N) is 1. The zero-order valence-electron chi connectivity index (χ0n) is 15.4. The molecule has 0 aromatic heterocycles. The van der Waals surface area contributed by atoms with E-state index in [-0.39, 0.29) is 42.2 Å². The molecule has 7 heteroatoms. The number of halogens is 2. The summed E-state index contributed by atoms with van der Waals surface area (Å²) in [5.74, 6) is 0.214. The average molecular weight is 484 g/mol. The van der Waals surface area contributed by atoms with Gasteiger partial charge in [0.25, 0.3) is 0 Å². The van der Waals surface area contributed by atoms with Crippen molar-refractivity contribution in [3.63, 3.8) is 0 Å². The first-order valence-electron chi connectivity index (χ1n) is 8.67. The van der Waals surface area contributed by atoms with Crippen molar-refractivity contribution in [2.24, 2.45) is 4.99 Å². The third-order valence-corrected chi connectivity index (χ3v) is 3.81. The smallest absolute Gasteiger partial charge is 0.239 e. The van der Waals surface area contributed by atoms with E-state index in [0.29, 0.717) is 25.5 Å². The van der Waals surface area contributed by atoms with Gasteiger partial charge in [-0.2, -0.15) is 0 Å². The summed E-state index contributed by atoms with van der Waals surface area (Å²) in [5.41, 5.74) is 2.10. The molecule has 0 fully saturated rings. The van der Waals surface area contributed by atoms with E-state index >= 15 is 0 Å². The Bertz CT molecular complexity index is 725. The van der Waals surface area contributed by atoms with Gasteiger partial charge in [0.15, 0.2) is 5.96 Å². The zero-order valence-corrected chi connectivity index (χ0v) is 17.7. The molecule has 2 aromatic carbocycles. The van der Waals surface area contributed by atoms with E-state index in [9.17, 15) is 9.18 Å². The summed E-state index contributed by atoms with van der Waals surface area (Å²) >= 11 is 0. The quantitative estimate of drug-likeness (QED) is 0.307. The molecule has 146 valence electrons. The van der Waals surface area contributed by atoms with Crippen LogP contribution in [0, 0.1) is 5.82 Å². The summed E-state index contributed by atoms with van der Waals surface area (Å²) in [5, 5.41) is 8.95. The van der Waals surface area contributed by atoms with E-state index in [2.05, 4.69) is 20.9 Å². The number of rotatable bonds is 8. The lowest BCUT2D eigenvalue weighted by molar-refractivity contribution is -0.119. The molecule has 0 aliphatic carbocycles. The van der Waals surface area contributed by atoms with Crippen LogP contribution < -0.4 is 16.0 Å². The molecular weight excluding hydrogens is 458 g/mol. The van der Waals surface area contributed by atoms with Crippen LogP contribution in [0.3, 0.4) is 0 Å². The first kappa shape index (κ1) is 22.9. The van der Waals surface area contributed by atoms with E-state index in [1.807, 2.05) is 36.4 Å². The van der Waals surface area contributed by atoms with Crippen molar-refractivity contribution < 1.29 is 9.18 Å². The van der Waals surface area contributed by atoms with Gasteiger partial charge in [0.05, 0.1) is 6.54 Å². The van der Waals surface area contributed by atoms with Crippen molar-refractivity contribution in [3.05, 3.63) is 71.5 Å². The highest BCUT2D eigenvalue weighted by atomic mass is 127. The Labute approximate surface area is 176 Å². The van der Waals surface area contributed by atoms with Gasteiger partial charge in [-0.15, -0.1) is 24.0 Å². The maximum absolute atomic E-state index is 13.1. The molecule has 3 N–H and O–H groups in total. The number of benzene rings is 2. The van der Waals surface area contributed by atoms with E-state index in [1.54, 1.807) is 13.1 Å². The predicted octanol–water partition coefficient (Wildman–Crippen LogP) is 2.51. The molecular formula is C20H26FIN4O. The predicted molar refractivity (Wildman–Crippen MR) is 118 cm³/mol. The van der Waals surface area contributed by atoms with Crippen LogP contribution in [-0.2, 0) is 17.6 Å². The Balaban J connectivity index is 0.00000364. The summed E-state index contributed by atoms with van der Waals surface area (Å²) in [6, 6.07) is 16.5. The van der Waals surface area contributed by atoms with Gasteiger partial charge in [0.1, 0.15) is 5.82 Å². The minimum Gasteiger partial charge on any atom is -0.356 e. The Morgan fingerprint density at radius 2 is 1.59 bits per heavy atom. The second-order valence-corrected chi connectivity index (χ2v) is 5.82. The molecule has 2 aromatic rings. The SMILES string of the molecule is CN=C(NCCc1cccc(F)c1)NCC(=O)NCCc1ccccc1.I. The molecule has 0 bridgehead atoms. The van der Waals surface area contributed by atoms with Crippen LogP contribution in [-0.4, -0.2) is 38.5 Å². The molecule has 1 amide bonds. The van der Waals surface area contributed by atoms with Crippen molar-refractivity contribution in [1.82, 2.24) is 16.0 Å². The molecule has 0 aliphatic rings. The fourth-order valence-electron chi connectivity index (χ4n) is 2.46. The molecule has 0 saturated carbocycles. The maximum atomic E-state index is 13.1. The molecule has 2 rings (SSSR count). The van der Waals surface area contributed by atoms with Crippen molar-refractivity contribution in [1.29, 1.82) is 0 Å². The minimum absolute atomic E-state index is 0. The monoisotopic (exact) mass is 484 g/mol. The van der Waals surface area contributed by atoms with Crippen molar-refractivity contribution in [2.45, 2.75) is 12.8 Å². The molecule has 0 saturated heterocycles. The highest BCUT2D eigenvalue weighted by molar-refractivity contribution is 14.0. The Morgan fingerprint density at radius 1 is 0.926 bits per heavy atom. The van der Waals surface area contributed by atoms with Crippen molar-refractivity contribution in [3.8, 4) is 0 Å². The van der Waals surface area contributed by atoms with Crippen LogP contribution in [0.15, 0.2) is 59.6 Å². The zero-order chi connectivity index (χ0) is 18.6. The van der Waals surface area contributed by atoms with Crippen LogP contribution in [0.1, 0.15) is 11.1 Å². The third-order valence-electron chi connectivity index (χ3n) is 3.81. The number of nitrogens with one attached hydrogen (secondary N) is 3. The van der Waals surface area contributed by atoms with Gasteiger partial charge in [-0.3, -0.25) is 9.79 Å². The molecule has 0 atom stereocenters. The molecule has 0 unspecified atom stereocenters. The lowest BCUT2D eigenvalue weighted by Crippen LogP contribution is -2.44. The number of carbonyl (C=O) groups is 1. The molecule has 0 heterocycles. The third kappa shape index (κ3) is 9.37. The van der Waals surface area contributed by atoms with Crippen LogP contribution >= 0.6 is 24.0 Å². The van der Waals surface area contributed by atoms with Gasteiger partial charge in [-0.1, -0.05) is 42.5 Å². The fourth-order valence-corrected chi connectivity index (χ4v) is 2.46. The number of guanidine groups is 1. The van der Waals surface area contributed by atoms with Gasteiger partial charge in [0.2, 0.25) is 5.91 Å². The Hall–Kier alpha value is -2.16. The standard InChI is InChI=1S/C20H25FN4O.HI/c1-22-20(24-13-11-17-8-5-9-18(21)14-17)25-15-19(26)23-12-10-16-6-3-2-4-7-16;/h2-9,14H,10-13,15H2,1H3,(H,23,26)(H2,22,24,25);1H.